The summed E-state index contributed by atoms with van der Waals surface area (Å²) in [6.07, 6.45) is 0. The number of hydrogen-bond donors (Lipinski definition) is 1. The Bertz CT molecular complexity index is 462. The zero-order valence-electron chi connectivity index (χ0n) is 8.00. The van der Waals surface area contributed by atoms with Gasteiger partial charge in [0.05, 0.1) is 6.54 Å². The number of aryl methyl sites for hydroxylation is 1. The van der Waals surface area contributed by atoms with Crippen molar-refractivity contribution in [1.82, 2.24) is 9.78 Å². The molecule has 0 radical (unpaired) electrons. The van der Waals surface area contributed by atoms with Gasteiger partial charge in [0.2, 0.25) is 0 Å². The van der Waals surface area contributed by atoms with E-state index in [-0.39, 0.29) is 0 Å². The molecule has 0 amide bonds. The molecule has 14 heavy (non-hydrogen) atoms. The molecule has 0 fully saturated rings. The zero-order chi connectivity index (χ0) is 10.1. The van der Waals surface area contributed by atoms with Crippen molar-refractivity contribution in [2.45, 2.75) is 13.5 Å². The molecular weight excluding hydrogens is 242 g/mol. The number of benzene rings is 1. The summed E-state index contributed by atoms with van der Waals surface area (Å²) in [7, 11) is 0. The van der Waals surface area contributed by atoms with Gasteiger partial charge >= 0.3 is 0 Å². The maximum absolute atomic E-state index is 5.52. The lowest BCUT2D eigenvalue weighted by Crippen LogP contribution is -2.11. The molecule has 2 N–H and O–H groups in total. The van der Waals surface area contributed by atoms with Gasteiger partial charge in [0.25, 0.3) is 0 Å². The number of rotatable bonds is 2. The van der Waals surface area contributed by atoms with Gasteiger partial charge in [-0.15, -0.1) is 0 Å². The van der Waals surface area contributed by atoms with Crippen LogP contribution in [0.2, 0.25) is 0 Å². The molecule has 1 heterocycles. The van der Waals surface area contributed by atoms with Crippen molar-refractivity contribution in [3.05, 3.63) is 28.4 Å². The average Bonchev–Trinajstić information content (AvgIpc) is 2.48. The first kappa shape index (κ1) is 9.68. The average molecular weight is 254 g/mol. The van der Waals surface area contributed by atoms with Crippen LogP contribution in [0.5, 0.6) is 0 Å². The highest BCUT2D eigenvalue weighted by Gasteiger charge is 2.08. The van der Waals surface area contributed by atoms with Gasteiger partial charge in [-0.05, 0) is 28.9 Å². The lowest BCUT2D eigenvalue weighted by molar-refractivity contribution is 0.614. The van der Waals surface area contributed by atoms with E-state index in [1.54, 1.807) is 0 Å². The lowest BCUT2D eigenvalue weighted by Gasteiger charge is -1.99. The second kappa shape index (κ2) is 3.71. The highest BCUT2D eigenvalue weighted by Crippen LogP contribution is 2.24. The first-order valence-electron chi connectivity index (χ1n) is 4.55. The number of halogens is 1. The monoisotopic (exact) mass is 253 g/mol. The Labute approximate surface area is 91.0 Å². The molecule has 0 aliphatic heterocycles. The van der Waals surface area contributed by atoms with Gasteiger partial charge in [0.1, 0.15) is 5.52 Å². The van der Waals surface area contributed by atoms with Crippen molar-refractivity contribution < 1.29 is 0 Å². The Hall–Kier alpha value is -0.870. The predicted octanol–water partition coefficient (Wildman–Crippen LogP) is 2.07. The summed E-state index contributed by atoms with van der Waals surface area (Å²) >= 11 is 3.49. The predicted molar refractivity (Wildman–Crippen MR) is 61.2 cm³/mol. The highest BCUT2D eigenvalue weighted by atomic mass is 79.9. The molecule has 74 valence electrons. The lowest BCUT2D eigenvalue weighted by atomic mass is 10.2. The Morgan fingerprint density at radius 1 is 1.50 bits per heavy atom. The Morgan fingerprint density at radius 2 is 2.29 bits per heavy atom. The van der Waals surface area contributed by atoms with Crippen LogP contribution in [-0.2, 0) is 6.54 Å². The fraction of sp³-hybridized carbons (Fsp3) is 0.300. The fourth-order valence-electron chi connectivity index (χ4n) is 1.58. The summed E-state index contributed by atoms with van der Waals surface area (Å²) in [5.41, 5.74) is 7.70. The van der Waals surface area contributed by atoms with Crippen LogP contribution in [0.3, 0.4) is 0 Å². The molecule has 0 saturated carbocycles. The number of nitrogens with zero attached hydrogens (tertiary/aromatic N) is 2. The summed E-state index contributed by atoms with van der Waals surface area (Å²) in [6, 6.07) is 6.10. The van der Waals surface area contributed by atoms with E-state index in [4.69, 9.17) is 5.73 Å². The van der Waals surface area contributed by atoms with Gasteiger partial charge in [-0.1, -0.05) is 12.1 Å². The number of hydrogen-bond acceptors (Lipinski definition) is 2. The first-order valence-corrected chi connectivity index (χ1v) is 5.35. The Morgan fingerprint density at radius 3 is 2.93 bits per heavy atom. The van der Waals surface area contributed by atoms with Crippen LogP contribution in [-0.4, -0.2) is 16.3 Å². The molecule has 2 rings (SSSR count). The van der Waals surface area contributed by atoms with Crippen LogP contribution in [0.25, 0.3) is 10.9 Å². The van der Waals surface area contributed by atoms with E-state index in [2.05, 4.69) is 34.0 Å². The second-order valence-corrected chi connectivity index (χ2v) is 4.09. The summed E-state index contributed by atoms with van der Waals surface area (Å²) in [4.78, 5) is 0. The van der Waals surface area contributed by atoms with E-state index < -0.39 is 0 Å². The van der Waals surface area contributed by atoms with Crippen LogP contribution in [0.15, 0.2) is 22.7 Å². The van der Waals surface area contributed by atoms with Crippen LogP contribution in [0.4, 0.5) is 0 Å². The first-order chi connectivity index (χ1) is 6.74. The van der Waals surface area contributed by atoms with Crippen molar-refractivity contribution in [3.8, 4) is 0 Å². The standard InChI is InChI=1S/C10H12BrN3/c1-7-8-3-2-4-9(11)10(8)13-14(7)6-5-12/h2-4H,5-6,12H2,1H3. The van der Waals surface area contributed by atoms with Gasteiger partial charge in [0.15, 0.2) is 0 Å². The third kappa shape index (κ3) is 1.44. The summed E-state index contributed by atoms with van der Waals surface area (Å²) in [5, 5.41) is 5.68. The zero-order valence-corrected chi connectivity index (χ0v) is 9.58. The molecule has 3 nitrogen and oxygen atoms in total. The SMILES string of the molecule is Cc1c2cccc(Br)c2nn1CCN. The van der Waals surface area contributed by atoms with Crippen molar-refractivity contribution in [1.29, 1.82) is 0 Å². The third-order valence-electron chi connectivity index (χ3n) is 2.33. The minimum atomic E-state index is 0.618. The van der Waals surface area contributed by atoms with Crippen LogP contribution >= 0.6 is 15.9 Å². The van der Waals surface area contributed by atoms with E-state index in [0.717, 1.165) is 16.5 Å². The maximum atomic E-state index is 5.52. The maximum Gasteiger partial charge on any atom is 0.107 e. The molecule has 0 bridgehead atoms. The molecule has 0 unspecified atom stereocenters. The number of fused-ring (bicyclic) bond motifs is 1. The molecule has 0 spiro atoms. The van der Waals surface area contributed by atoms with Gasteiger partial charge in [-0.3, -0.25) is 4.68 Å². The molecular formula is C10H12BrN3. The summed E-state index contributed by atoms with van der Waals surface area (Å²) in [6.45, 7) is 3.46. The largest absolute Gasteiger partial charge is 0.329 e. The molecule has 1 aromatic carbocycles. The van der Waals surface area contributed by atoms with Gasteiger partial charge in [0, 0.05) is 22.1 Å². The molecule has 0 aliphatic carbocycles. The Kier molecular flexibility index (Phi) is 2.56. The normalized spacial score (nSPS) is 11.1. The van der Waals surface area contributed by atoms with Gasteiger partial charge in [-0.25, -0.2) is 0 Å². The van der Waals surface area contributed by atoms with Crippen molar-refractivity contribution in [3.63, 3.8) is 0 Å². The Balaban J connectivity index is 2.67. The number of aromatic nitrogens is 2. The summed E-state index contributed by atoms with van der Waals surface area (Å²) < 4.78 is 2.99. The molecule has 0 atom stereocenters. The van der Waals surface area contributed by atoms with Crippen LogP contribution in [0, 0.1) is 6.92 Å². The summed E-state index contributed by atoms with van der Waals surface area (Å²) in [5.74, 6) is 0. The van der Waals surface area contributed by atoms with Crippen molar-refractivity contribution in [2.75, 3.05) is 6.54 Å². The second-order valence-electron chi connectivity index (χ2n) is 3.23. The number of nitrogens with two attached hydrogens (primary N) is 1. The molecule has 1 aromatic heterocycles. The van der Waals surface area contributed by atoms with E-state index >= 15 is 0 Å². The van der Waals surface area contributed by atoms with E-state index in [1.165, 1.54) is 11.1 Å². The molecule has 0 aliphatic rings. The minimum absolute atomic E-state index is 0.618. The molecule has 2 aromatic rings. The van der Waals surface area contributed by atoms with Gasteiger partial charge < -0.3 is 5.73 Å². The van der Waals surface area contributed by atoms with Crippen LogP contribution in [0.1, 0.15) is 5.69 Å². The van der Waals surface area contributed by atoms with Crippen molar-refractivity contribution >= 4 is 26.8 Å². The smallest absolute Gasteiger partial charge is 0.107 e. The topological polar surface area (TPSA) is 43.8 Å². The third-order valence-corrected chi connectivity index (χ3v) is 2.97. The molecule has 4 heteroatoms. The van der Waals surface area contributed by atoms with Crippen molar-refractivity contribution in [2.24, 2.45) is 5.73 Å². The van der Waals surface area contributed by atoms with Crippen LogP contribution < -0.4 is 5.73 Å². The fourth-order valence-corrected chi connectivity index (χ4v) is 2.03. The van der Waals surface area contributed by atoms with E-state index in [9.17, 15) is 0 Å². The molecule has 0 saturated heterocycles. The van der Waals surface area contributed by atoms with Gasteiger partial charge in [-0.2, -0.15) is 5.10 Å². The quantitative estimate of drug-likeness (QED) is 0.891. The minimum Gasteiger partial charge on any atom is -0.329 e. The van der Waals surface area contributed by atoms with E-state index in [0.29, 0.717) is 6.54 Å². The highest BCUT2D eigenvalue weighted by molar-refractivity contribution is 9.10. The van der Waals surface area contributed by atoms with E-state index in [1.807, 2.05) is 16.8 Å².